The Morgan fingerprint density at radius 1 is 1.14 bits per heavy atom. The first-order valence-corrected chi connectivity index (χ1v) is 7.77. The van der Waals surface area contributed by atoms with Gasteiger partial charge in [-0.25, -0.2) is 4.39 Å². The van der Waals surface area contributed by atoms with E-state index >= 15 is 0 Å². The Labute approximate surface area is 130 Å². The van der Waals surface area contributed by atoms with Crippen molar-refractivity contribution in [3.05, 3.63) is 70.5 Å². The van der Waals surface area contributed by atoms with Gasteiger partial charge in [0.05, 0.1) is 6.04 Å². The molecule has 2 nitrogen and oxygen atoms in total. The number of Topliss-reactive ketones (excluding diaryl/α,β-unsaturated/α-hetero) is 1. The van der Waals surface area contributed by atoms with Crippen molar-refractivity contribution in [3.63, 3.8) is 0 Å². The summed E-state index contributed by atoms with van der Waals surface area (Å²) in [5, 5.41) is 3.21. The summed E-state index contributed by atoms with van der Waals surface area (Å²) >= 11 is 0. The third kappa shape index (κ3) is 3.25. The molecule has 0 spiro atoms. The second kappa shape index (κ2) is 6.41. The van der Waals surface area contributed by atoms with E-state index in [0.29, 0.717) is 6.54 Å². The van der Waals surface area contributed by atoms with Crippen LogP contribution in [0.15, 0.2) is 42.5 Å². The summed E-state index contributed by atoms with van der Waals surface area (Å²) in [6.07, 6.45) is 3.39. The molecule has 1 aliphatic carbocycles. The van der Waals surface area contributed by atoms with Crippen LogP contribution in [0.25, 0.3) is 0 Å². The van der Waals surface area contributed by atoms with E-state index < -0.39 is 0 Å². The van der Waals surface area contributed by atoms with Crippen molar-refractivity contribution >= 4 is 5.78 Å². The molecular weight excluding hydrogens is 277 g/mol. The molecule has 1 N–H and O–H groups in total. The van der Waals surface area contributed by atoms with Crippen LogP contribution < -0.4 is 5.32 Å². The van der Waals surface area contributed by atoms with Crippen molar-refractivity contribution in [2.45, 2.75) is 38.8 Å². The van der Waals surface area contributed by atoms with Crippen LogP contribution in [0.2, 0.25) is 0 Å². The highest BCUT2D eigenvalue weighted by Gasteiger charge is 2.18. The van der Waals surface area contributed by atoms with E-state index in [2.05, 4.69) is 11.4 Å². The second-order valence-corrected chi connectivity index (χ2v) is 5.93. The van der Waals surface area contributed by atoms with Crippen LogP contribution in [0.3, 0.4) is 0 Å². The molecule has 0 bridgehead atoms. The highest BCUT2D eigenvalue weighted by Crippen LogP contribution is 2.23. The lowest BCUT2D eigenvalue weighted by atomic mass is 10.0. The minimum Gasteiger partial charge on any atom is -0.303 e. The van der Waals surface area contributed by atoms with Gasteiger partial charge in [-0.15, -0.1) is 0 Å². The number of hydrogen-bond acceptors (Lipinski definition) is 2. The molecule has 3 rings (SSSR count). The zero-order valence-electron chi connectivity index (χ0n) is 12.7. The van der Waals surface area contributed by atoms with Gasteiger partial charge in [-0.3, -0.25) is 4.79 Å². The molecule has 0 heterocycles. The van der Waals surface area contributed by atoms with E-state index in [1.54, 1.807) is 12.1 Å². The van der Waals surface area contributed by atoms with E-state index in [0.717, 1.165) is 24.0 Å². The fourth-order valence-corrected chi connectivity index (χ4v) is 2.94. The smallest absolute Gasteiger partial charge is 0.179 e. The minimum absolute atomic E-state index is 0.108. The lowest BCUT2D eigenvalue weighted by Gasteiger charge is -2.14. The quantitative estimate of drug-likeness (QED) is 0.853. The molecule has 0 amide bonds. The zero-order valence-corrected chi connectivity index (χ0v) is 12.7. The van der Waals surface area contributed by atoms with Crippen LogP contribution in [0.1, 0.15) is 40.4 Å². The summed E-state index contributed by atoms with van der Waals surface area (Å²) in [4.78, 5) is 12.5. The van der Waals surface area contributed by atoms with Crippen molar-refractivity contribution in [1.82, 2.24) is 5.32 Å². The third-order valence-corrected chi connectivity index (χ3v) is 4.30. The van der Waals surface area contributed by atoms with Gasteiger partial charge in [-0.2, -0.15) is 0 Å². The Morgan fingerprint density at radius 2 is 1.86 bits per heavy atom. The topological polar surface area (TPSA) is 29.1 Å². The number of benzene rings is 2. The number of halogens is 1. The van der Waals surface area contributed by atoms with Crippen LogP contribution in [-0.4, -0.2) is 11.8 Å². The number of ketones is 1. The van der Waals surface area contributed by atoms with E-state index in [4.69, 9.17) is 0 Å². The first-order chi connectivity index (χ1) is 10.6. The van der Waals surface area contributed by atoms with Gasteiger partial charge >= 0.3 is 0 Å². The van der Waals surface area contributed by atoms with Gasteiger partial charge in [0.15, 0.2) is 5.78 Å². The van der Waals surface area contributed by atoms with Gasteiger partial charge in [0.25, 0.3) is 0 Å². The average Bonchev–Trinajstić information content (AvgIpc) is 3.00. The molecule has 3 heteroatoms. The van der Waals surface area contributed by atoms with E-state index in [-0.39, 0.29) is 17.6 Å². The normalized spacial score (nSPS) is 14.6. The monoisotopic (exact) mass is 297 g/mol. The van der Waals surface area contributed by atoms with Crippen molar-refractivity contribution in [2.24, 2.45) is 0 Å². The number of carbonyl (C=O) groups excluding carboxylic acids is 1. The molecule has 1 unspecified atom stereocenters. The van der Waals surface area contributed by atoms with Crippen molar-refractivity contribution in [2.75, 3.05) is 0 Å². The SMILES string of the molecule is CC(NCc1ccc(F)cc1)C(=O)c1ccc2c(c1)CCC2. The predicted molar refractivity (Wildman–Crippen MR) is 85.5 cm³/mol. The minimum atomic E-state index is -0.260. The molecule has 0 saturated carbocycles. The third-order valence-electron chi connectivity index (χ3n) is 4.30. The van der Waals surface area contributed by atoms with E-state index in [9.17, 15) is 9.18 Å². The summed E-state index contributed by atoms with van der Waals surface area (Å²) in [5.74, 6) is -0.136. The lowest BCUT2D eigenvalue weighted by molar-refractivity contribution is 0.0950. The van der Waals surface area contributed by atoms with Gasteiger partial charge in [0, 0.05) is 12.1 Å². The van der Waals surface area contributed by atoms with Gasteiger partial charge in [0.2, 0.25) is 0 Å². The molecule has 0 aliphatic heterocycles. The molecule has 22 heavy (non-hydrogen) atoms. The summed E-state index contributed by atoms with van der Waals surface area (Å²) in [6, 6.07) is 12.1. The number of aryl methyl sites for hydroxylation is 2. The average molecular weight is 297 g/mol. The van der Waals surface area contributed by atoms with Gasteiger partial charge < -0.3 is 5.32 Å². The molecule has 114 valence electrons. The van der Waals surface area contributed by atoms with Gasteiger partial charge in [-0.1, -0.05) is 24.3 Å². The molecule has 0 fully saturated rings. The van der Waals surface area contributed by atoms with E-state index in [1.807, 2.05) is 19.1 Å². The van der Waals surface area contributed by atoms with Gasteiger partial charge in [0.1, 0.15) is 5.82 Å². The zero-order chi connectivity index (χ0) is 15.5. The Morgan fingerprint density at radius 3 is 2.64 bits per heavy atom. The first-order valence-electron chi connectivity index (χ1n) is 7.77. The highest BCUT2D eigenvalue weighted by molar-refractivity contribution is 6.00. The van der Waals surface area contributed by atoms with Crippen molar-refractivity contribution < 1.29 is 9.18 Å². The van der Waals surface area contributed by atoms with E-state index in [1.165, 1.54) is 29.7 Å². The standard InChI is InChI=1S/C19H20FNO/c1-13(21-12-14-5-9-18(20)10-6-14)19(22)17-8-7-15-3-2-4-16(15)11-17/h5-11,13,21H,2-4,12H2,1H3. The number of rotatable bonds is 5. The maximum absolute atomic E-state index is 12.9. The lowest BCUT2D eigenvalue weighted by Crippen LogP contribution is -2.33. The largest absolute Gasteiger partial charge is 0.303 e. The maximum atomic E-state index is 12.9. The summed E-state index contributed by atoms with van der Waals surface area (Å²) < 4.78 is 12.9. The van der Waals surface area contributed by atoms with Crippen LogP contribution in [-0.2, 0) is 19.4 Å². The van der Waals surface area contributed by atoms with Crippen molar-refractivity contribution in [3.8, 4) is 0 Å². The Hall–Kier alpha value is -2.00. The molecule has 2 aromatic rings. The van der Waals surface area contributed by atoms with Crippen LogP contribution in [0.4, 0.5) is 4.39 Å². The molecule has 0 aromatic heterocycles. The molecule has 0 radical (unpaired) electrons. The molecule has 1 atom stereocenters. The fourth-order valence-electron chi connectivity index (χ4n) is 2.94. The summed E-state index contributed by atoms with van der Waals surface area (Å²) in [7, 11) is 0. The summed E-state index contributed by atoms with van der Waals surface area (Å²) in [6.45, 7) is 2.43. The number of hydrogen-bond donors (Lipinski definition) is 1. The molecule has 2 aromatic carbocycles. The van der Waals surface area contributed by atoms with Crippen molar-refractivity contribution in [1.29, 1.82) is 0 Å². The number of carbonyl (C=O) groups is 1. The second-order valence-electron chi connectivity index (χ2n) is 5.93. The number of fused-ring (bicyclic) bond motifs is 1. The van der Waals surface area contributed by atoms with Gasteiger partial charge in [-0.05, 0) is 61.1 Å². The predicted octanol–water partition coefficient (Wildman–Crippen LogP) is 3.68. The highest BCUT2D eigenvalue weighted by atomic mass is 19.1. The van der Waals surface area contributed by atoms with Crippen LogP contribution >= 0.6 is 0 Å². The molecule has 0 saturated heterocycles. The van der Waals surface area contributed by atoms with Crippen LogP contribution in [0, 0.1) is 5.82 Å². The molecule has 1 aliphatic rings. The molecular formula is C19H20FNO. The summed E-state index contributed by atoms with van der Waals surface area (Å²) in [5.41, 5.74) is 4.44. The fraction of sp³-hybridized carbons (Fsp3) is 0.316. The Balaban J connectivity index is 1.63. The Bertz CT molecular complexity index is 678. The van der Waals surface area contributed by atoms with Crippen LogP contribution in [0.5, 0.6) is 0 Å². The first kappa shape index (κ1) is 14.9. The Kier molecular flexibility index (Phi) is 4.34. The maximum Gasteiger partial charge on any atom is 0.179 e. The number of nitrogens with one attached hydrogen (secondary N) is 1.